The monoisotopic (exact) mass is 255 g/mol. The van der Waals surface area contributed by atoms with Crippen LogP contribution in [0.4, 0.5) is 10.1 Å². The van der Waals surface area contributed by atoms with Crippen LogP contribution in [0.3, 0.4) is 0 Å². The Balaban J connectivity index is 2.83. The second kappa shape index (κ2) is 4.35. The summed E-state index contributed by atoms with van der Waals surface area (Å²) in [7, 11) is 0. The van der Waals surface area contributed by atoms with Crippen LogP contribution < -0.4 is 4.90 Å². The molecule has 0 aliphatic carbocycles. The van der Waals surface area contributed by atoms with Crippen LogP contribution in [-0.4, -0.2) is 11.8 Å². The number of hydrogen-bond acceptors (Lipinski definition) is 4. The summed E-state index contributed by atoms with van der Waals surface area (Å²) in [6.07, 6.45) is 0. The average molecular weight is 255 g/mol. The van der Waals surface area contributed by atoms with Gasteiger partial charge in [0.25, 0.3) is 5.91 Å². The lowest BCUT2D eigenvalue weighted by Crippen LogP contribution is -2.31. The zero-order valence-corrected chi connectivity index (χ0v) is 9.77. The number of amides is 2. The first-order valence-corrected chi connectivity index (χ1v) is 5.20. The molecule has 92 valence electrons. The molecule has 5 nitrogen and oxygen atoms in total. The predicted octanol–water partition coefficient (Wildman–Crippen LogP) is 1.52. The molecule has 0 N–H and O–H groups in total. The summed E-state index contributed by atoms with van der Waals surface area (Å²) >= 11 is 0. The first-order chi connectivity index (χ1) is 9.01. The van der Waals surface area contributed by atoms with Crippen LogP contribution in [0.5, 0.6) is 0 Å². The molecule has 0 saturated carbocycles. The summed E-state index contributed by atoms with van der Waals surface area (Å²) in [4.78, 5) is 24.4. The van der Waals surface area contributed by atoms with Crippen molar-refractivity contribution in [2.75, 3.05) is 4.90 Å². The SMILES string of the molecule is CC(=O)N1C(=O)C(=C(C#N)C#N)c2cc(F)ccc21. The summed E-state index contributed by atoms with van der Waals surface area (Å²) in [6.45, 7) is 1.17. The summed E-state index contributed by atoms with van der Waals surface area (Å²) in [6, 6.07) is 6.56. The van der Waals surface area contributed by atoms with E-state index in [9.17, 15) is 14.0 Å². The van der Waals surface area contributed by atoms with E-state index in [1.165, 1.54) is 13.0 Å². The van der Waals surface area contributed by atoms with Gasteiger partial charge < -0.3 is 0 Å². The molecule has 1 heterocycles. The van der Waals surface area contributed by atoms with Gasteiger partial charge in [-0.3, -0.25) is 9.59 Å². The lowest BCUT2D eigenvalue weighted by molar-refractivity contribution is -0.122. The van der Waals surface area contributed by atoms with E-state index in [1.54, 1.807) is 12.1 Å². The number of benzene rings is 1. The van der Waals surface area contributed by atoms with Gasteiger partial charge in [0.05, 0.1) is 11.3 Å². The van der Waals surface area contributed by atoms with Gasteiger partial charge in [0, 0.05) is 12.5 Å². The Kier molecular flexibility index (Phi) is 2.86. The lowest BCUT2D eigenvalue weighted by atomic mass is 10.0. The van der Waals surface area contributed by atoms with Crippen molar-refractivity contribution in [1.29, 1.82) is 10.5 Å². The zero-order valence-electron chi connectivity index (χ0n) is 9.77. The van der Waals surface area contributed by atoms with Crippen LogP contribution in [0.15, 0.2) is 23.8 Å². The Bertz CT molecular complexity index is 706. The summed E-state index contributed by atoms with van der Waals surface area (Å²) in [5, 5.41) is 17.7. The van der Waals surface area contributed by atoms with Crippen molar-refractivity contribution < 1.29 is 14.0 Å². The fourth-order valence-electron chi connectivity index (χ4n) is 1.93. The molecule has 2 amide bonds. The summed E-state index contributed by atoms with van der Waals surface area (Å²) in [5.74, 6) is -1.97. The number of nitrogens with zero attached hydrogens (tertiary/aromatic N) is 3. The number of hydrogen-bond donors (Lipinski definition) is 0. The maximum atomic E-state index is 13.3. The van der Waals surface area contributed by atoms with Gasteiger partial charge in [0.1, 0.15) is 23.5 Å². The molecule has 0 saturated heterocycles. The number of carbonyl (C=O) groups is 2. The maximum Gasteiger partial charge on any atom is 0.267 e. The second-order valence-electron chi connectivity index (χ2n) is 3.79. The Hall–Kier alpha value is -2.99. The van der Waals surface area contributed by atoms with Crippen LogP contribution in [0.2, 0.25) is 0 Å². The van der Waals surface area contributed by atoms with E-state index in [4.69, 9.17) is 10.5 Å². The van der Waals surface area contributed by atoms with Crippen molar-refractivity contribution in [2.45, 2.75) is 6.92 Å². The number of halogens is 1. The van der Waals surface area contributed by atoms with E-state index in [-0.39, 0.29) is 16.8 Å². The van der Waals surface area contributed by atoms with E-state index in [0.29, 0.717) is 0 Å². The molecule has 0 aromatic heterocycles. The van der Waals surface area contributed by atoms with Gasteiger partial charge in [-0.2, -0.15) is 10.5 Å². The Morgan fingerprint density at radius 2 is 1.95 bits per heavy atom. The van der Waals surface area contributed by atoms with Crippen molar-refractivity contribution >= 4 is 23.1 Å². The molecule has 0 spiro atoms. The standard InChI is InChI=1S/C13H6FN3O2/c1-7(18)17-11-3-2-9(14)4-10(11)12(13(17)19)8(5-15)6-16/h2-4H,1H3. The average Bonchev–Trinajstić information content (AvgIpc) is 2.64. The van der Waals surface area contributed by atoms with Gasteiger partial charge in [-0.25, -0.2) is 9.29 Å². The van der Waals surface area contributed by atoms with Crippen LogP contribution in [0, 0.1) is 28.5 Å². The molecule has 0 atom stereocenters. The van der Waals surface area contributed by atoms with Gasteiger partial charge in [-0.15, -0.1) is 0 Å². The highest BCUT2D eigenvalue weighted by molar-refractivity contribution is 6.40. The van der Waals surface area contributed by atoms with Gasteiger partial charge in [0.2, 0.25) is 5.91 Å². The lowest BCUT2D eigenvalue weighted by Gasteiger charge is -2.11. The van der Waals surface area contributed by atoms with Crippen LogP contribution in [0.25, 0.3) is 5.57 Å². The second-order valence-corrected chi connectivity index (χ2v) is 3.79. The molecular formula is C13H6FN3O2. The fourth-order valence-corrected chi connectivity index (χ4v) is 1.93. The third-order valence-electron chi connectivity index (χ3n) is 2.67. The van der Waals surface area contributed by atoms with Crippen LogP contribution in [0.1, 0.15) is 12.5 Å². The number of imide groups is 1. The number of anilines is 1. The third-order valence-corrected chi connectivity index (χ3v) is 2.67. The number of allylic oxidation sites excluding steroid dienone is 1. The third kappa shape index (κ3) is 1.76. The highest BCUT2D eigenvalue weighted by atomic mass is 19.1. The highest BCUT2D eigenvalue weighted by Gasteiger charge is 2.37. The minimum Gasteiger partial charge on any atom is -0.274 e. The van der Waals surface area contributed by atoms with Crippen molar-refractivity contribution in [3.63, 3.8) is 0 Å². The van der Waals surface area contributed by atoms with E-state index in [0.717, 1.165) is 17.0 Å². The smallest absolute Gasteiger partial charge is 0.267 e. The molecule has 1 aliphatic rings. The molecule has 19 heavy (non-hydrogen) atoms. The zero-order chi connectivity index (χ0) is 14.2. The quantitative estimate of drug-likeness (QED) is 0.519. The van der Waals surface area contributed by atoms with E-state index >= 15 is 0 Å². The Morgan fingerprint density at radius 1 is 1.32 bits per heavy atom. The number of rotatable bonds is 0. The van der Waals surface area contributed by atoms with E-state index in [2.05, 4.69) is 0 Å². The Labute approximate surface area is 107 Å². The molecule has 0 bridgehead atoms. The van der Waals surface area contributed by atoms with Gasteiger partial charge >= 0.3 is 0 Å². The van der Waals surface area contributed by atoms with Gasteiger partial charge in [-0.05, 0) is 18.2 Å². The molecule has 1 aromatic carbocycles. The molecule has 0 radical (unpaired) electrons. The number of carbonyl (C=O) groups excluding carboxylic acids is 2. The first kappa shape index (κ1) is 12.5. The van der Waals surface area contributed by atoms with Crippen molar-refractivity contribution in [1.82, 2.24) is 0 Å². The maximum absolute atomic E-state index is 13.3. The highest BCUT2D eigenvalue weighted by Crippen LogP contribution is 2.38. The minimum absolute atomic E-state index is 0.0818. The number of fused-ring (bicyclic) bond motifs is 1. The molecule has 0 fully saturated rings. The van der Waals surface area contributed by atoms with E-state index in [1.807, 2.05) is 0 Å². The fraction of sp³-hybridized carbons (Fsp3) is 0.0769. The first-order valence-electron chi connectivity index (χ1n) is 5.20. The van der Waals surface area contributed by atoms with Crippen molar-refractivity contribution in [3.05, 3.63) is 35.2 Å². The molecule has 6 heteroatoms. The van der Waals surface area contributed by atoms with Crippen LogP contribution in [-0.2, 0) is 9.59 Å². The van der Waals surface area contributed by atoms with E-state index < -0.39 is 23.2 Å². The van der Waals surface area contributed by atoms with Crippen molar-refractivity contribution in [2.24, 2.45) is 0 Å². The minimum atomic E-state index is -0.786. The predicted molar refractivity (Wildman–Crippen MR) is 62.7 cm³/mol. The van der Waals surface area contributed by atoms with Gasteiger partial charge in [0.15, 0.2) is 0 Å². The largest absolute Gasteiger partial charge is 0.274 e. The normalized spacial score (nSPS) is 12.7. The summed E-state index contributed by atoms with van der Waals surface area (Å²) < 4.78 is 13.3. The molecular weight excluding hydrogens is 249 g/mol. The van der Waals surface area contributed by atoms with Crippen LogP contribution >= 0.6 is 0 Å². The van der Waals surface area contributed by atoms with Crippen molar-refractivity contribution in [3.8, 4) is 12.1 Å². The molecule has 0 unspecified atom stereocenters. The Morgan fingerprint density at radius 3 is 2.47 bits per heavy atom. The van der Waals surface area contributed by atoms with Gasteiger partial charge in [-0.1, -0.05) is 0 Å². The number of nitriles is 2. The molecule has 1 aromatic rings. The topological polar surface area (TPSA) is 85.0 Å². The molecule has 2 rings (SSSR count). The molecule has 1 aliphatic heterocycles. The summed E-state index contributed by atoms with van der Waals surface area (Å²) in [5.41, 5.74) is -0.425.